The largest absolute Gasteiger partial charge is 0.351 e. The molecule has 0 aliphatic rings. The third-order valence-electron chi connectivity index (χ3n) is 3.69. The van der Waals surface area contributed by atoms with Crippen LogP contribution in [0.5, 0.6) is 0 Å². The lowest BCUT2D eigenvalue weighted by molar-refractivity contribution is 1.40. The monoisotopic (exact) mass is 259 g/mol. The fraction of sp³-hybridized carbons (Fsp3) is 0. The summed E-state index contributed by atoms with van der Waals surface area (Å²) >= 11 is 0. The number of pyridine rings is 3. The Kier molecular flexibility index (Phi) is 1.65. The molecule has 0 aliphatic carbocycles. The molecule has 0 saturated heterocycles. The average molecular weight is 259 g/mol. The van der Waals surface area contributed by atoms with Crippen LogP contribution >= 0.6 is 0 Å². The van der Waals surface area contributed by atoms with E-state index in [2.05, 4.69) is 24.9 Å². The summed E-state index contributed by atoms with van der Waals surface area (Å²) in [4.78, 5) is 20.2. The molecule has 0 spiro atoms. The van der Waals surface area contributed by atoms with Crippen molar-refractivity contribution in [3.63, 3.8) is 0 Å². The highest BCUT2D eigenvalue weighted by Crippen LogP contribution is 2.30. The molecule has 5 aromatic heterocycles. The molecule has 0 aromatic carbocycles. The summed E-state index contributed by atoms with van der Waals surface area (Å²) in [5.74, 6) is 0. The molecule has 0 atom stereocenters. The van der Waals surface area contributed by atoms with E-state index in [1.165, 1.54) is 0 Å². The predicted molar refractivity (Wildman–Crippen MR) is 78.6 cm³/mol. The first-order valence-corrected chi connectivity index (χ1v) is 6.39. The minimum atomic E-state index is 0.889. The molecule has 0 radical (unpaired) electrons. The van der Waals surface area contributed by atoms with Crippen LogP contribution in [0.1, 0.15) is 0 Å². The number of hydrogen-bond donors (Lipinski definition) is 2. The van der Waals surface area contributed by atoms with Gasteiger partial charge < -0.3 is 9.97 Å². The van der Waals surface area contributed by atoms with Gasteiger partial charge in [-0.05, 0) is 24.3 Å². The Morgan fingerprint density at radius 2 is 1.40 bits per heavy atom. The van der Waals surface area contributed by atoms with Crippen molar-refractivity contribution in [1.82, 2.24) is 24.9 Å². The Bertz CT molecular complexity index is 1010. The molecule has 0 aliphatic heterocycles. The SMILES string of the molecule is c1cnc2c(c1)[nH]c1c2cnc2c3ncccc3[nH]c21. The molecule has 0 fully saturated rings. The van der Waals surface area contributed by atoms with Crippen LogP contribution in [0.4, 0.5) is 0 Å². The summed E-state index contributed by atoms with van der Waals surface area (Å²) in [6, 6.07) is 7.88. The van der Waals surface area contributed by atoms with Gasteiger partial charge >= 0.3 is 0 Å². The van der Waals surface area contributed by atoms with Crippen molar-refractivity contribution in [2.24, 2.45) is 0 Å². The maximum absolute atomic E-state index is 4.57. The summed E-state index contributed by atoms with van der Waals surface area (Å²) in [5, 5.41) is 1.03. The van der Waals surface area contributed by atoms with Gasteiger partial charge in [-0.25, -0.2) is 0 Å². The van der Waals surface area contributed by atoms with Gasteiger partial charge in [-0.3, -0.25) is 15.0 Å². The fourth-order valence-electron chi connectivity index (χ4n) is 2.81. The van der Waals surface area contributed by atoms with Gasteiger partial charge in [-0.1, -0.05) is 0 Å². The zero-order valence-corrected chi connectivity index (χ0v) is 10.4. The van der Waals surface area contributed by atoms with Gasteiger partial charge in [-0.2, -0.15) is 0 Å². The summed E-state index contributed by atoms with van der Waals surface area (Å²) in [5.41, 5.74) is 6.76. The summed E-state index contributed by atoms with van der Waals surface area (Å²) in [7, 11) is 0. The second-order valence-electron chi connectivity index (χ2n) is 4.82. The lowest BCUT2D eigenvalue weighted by Gasteiger charge is -1.92. The fourth-order valence-corrected chi connectivity index (χ4v) is 2.81. The number of H-pyrrole nitrogens is 2. The first kappa shape index (κ1) is 9.91. The highest BCUT2D eigenvalue weighted by molar-refractivity contribution is 6.18. The smallest absolute Gasteiger partial charge is 0.116 e. The van der Waals surface area contributed by atoms with Crippen molar-refractivity contribution < 1.29 is 0 Å². The average Bonchev–Trinajstić information content (AvgIpc) is 3.05. The van der Waals surface area contributed by atoms with Crippen molar-refractivity contribution in [1.29, 1.82) is 0 Å². The van der Waals surface area contributed by atoms with E-state index in [0.29, 0.717) is 0 Å². The Morgan fingerprint density at radius 3 is 2.25 bits per heavy atom. The lowest BCUT2D eigenvalue weighted by atomic mass is 10.2. The second kappa shape index (κ2) is 3.33. The Hall–Kier alpha value is -2.95. The predicted octanol–water partition coefficient (Wildman–Crippen LogP) is 3.14. The van der Waals surface area contributed by atoms with Crippen LogP contribution in [0.25, 0.3) is 44.0 Å². The molecule has 20 heavy (non-hydrogen) atoms. The van der Waals surface area contributed by atoms with Crippen molar-refractivity contribution in [2.45, 2.75) is 0 Å². The van der Waals surface area contributed by atoms with Gasteiger partial charge in [-0.15, -0.1) is 0 Å². The van der Waals surface area contributed by atoms with Crippen molar-refractivity contribution in [3.8, 4) is 0 Å². The van der Waals surface area contributed by atoms with E-state index >= 15 is 0 Å². The van der Waals surface area contributed by atoms with Crippen LogP contribution in [0.3, 0.4) is 0 Å². The van der Waals surface area contributed by atoms with Crippen LogP contribution in [0, 0.1) is 0 Å². The molecule has 5 heterocycles. The van der Waals surface area contributed by atoms with Gasteiger partial charge in [0.15, 0.2) is 0 Å². The molecule has 0 unspecified atom stereocenters. The van der Waals surface area contributed by atoms with Crippen molar-refractivity contribution in [3.05, 3.63) is 42.9 Å². The van der Waals surface area contributed by atoms with E-state index in [1.807, 2.05) is 30.5 Å². The molecule has 0 amide bonds. The normalized spacial score (nSPS) is 12.0. The Morgan fingerprint density at radius 1 is 0.700 bits per heavy atom. The molecule has 94 valence electrons. The minimum Gasteiger partial charge on any atom is -0.351 e. The summed E-state index contributed by atoms with van der Waals surface area (Å²) < 4.78 is 0. The topological polar surface area (TPSA) is 70.2 Å². The van der Waals surface area contributed by atoms with Crippen molar-refractivity contribution >= 4 is 44.0 Å². The standard InChI is InChI=1S/C15H9N5/c1-3-9-11(16-5-1)8-7-18-14-13-10(4-2-6-17-13)20-15(14)12(8)19-9/h1-7,19-20H. The highest BCUT2D eigenvalue weighted by Gasteiger charge is 2.13. The molecular weight excluding hydrogens is 250 g/mol. The van der Waals surface area contributed by atoms with E-state index in [0.717, 1.165) is 44.0 Å². The van der Waals surface area contributed by atoms with Gasteiger partial charge in [0.25, 0.3) is 0 Å². The highest BCUT2D eigenvalue weighted by atomic mass is 14.9. The van der Waals surface area contributed by atoms with Gasteiger partial charge in [0, 0.05) is 24.0 Å². The first-order chi connectivity index (χ1) is 9.92. The Balaban J connectivity index is 2.10. The first-order valence-electron chi connectivity index (χ1n) is 6.39. The second-order valence-corrected chi connectivity index (χ2v) is 4.82. The van der Waals surface area contributed by atoms with Crippen LogP contribution < -0.4 is 0 Å². The number of aromatic amines is 2. The zero-order chi connectivity index (χ0) is 13.1. The number of fused-ring (bicyclic) bond motifs is 7. The molecule has 0 saturated carbocycles. The van der Waals surface area contributed by atoms with E-state index in [9.17, 15) is 0 Å². The molecule has 0 bridgehead atoms. The number of aromatic nitrogens is 5. The summed E-state index contributed by atoms with van der Waals surface area (Å²) in [6.07, 6.45) is 5.45. The third-order valence-corrected chi connectivity index (χ3v) is 3.69. The van der Waals surface area contributed by atoms with Crippen LogP contribution in [0.15, 0.2) is 42.9 Å². The van der Waals surface area contributed by atoms with Gasteiger partial charge in [0.2, 0.25) is 0 Å². The van der Waals surface area contributed by atoms with Crippen LogP contribution in [0.2, 0.25) is 0 Å². The van der Waals surface area contributed by atoms with E-state index in [-0.39, 0.29) is 0 Å². The molecule has 5 rings (SSSR count). The zero-order valence-electron chi connectivity index (χ0n) is 10.4. The number of rotatable bonds is 0. The number of nitrogens with one attached hydrogen (secondary N) is 2. The quantitative estimate of drug-likeness (QED) is 0.449. The van der Waals surface area contributed by atoms with E-state index in [4.69, 9.17) is 0 Å². The maximum Gasteiger partial charge on any atom is 0.116 e. The molecule has 5 heteroatoms. The molecular formula is C15H9N5. The van der Waals surface area contributed by atoms with Gasteiger partial charge in [0.05, 0.1) is 27.6 Å². The van der Waals surface area contributed by atoms with Gasteiger partial charge in [0.1, 0.15) is 11.0 Å². The van der Waals surface area contributed by atoms with E-state index < -0.39 is 0 Å². The van der Waals surface area contributed by atoms with E-state index in [1.54, 1.807) is 12.4 Å². The maximum atomic E-state index is 4.57. The van der Waals surface area contributed by atoms with Crippen LogP contribution in [-0.2, 0) is 0 Å². The lowest BCUT2D eigenvalue weighted by Crippen LogP contribution is -1.78. The molecule has 2 N–H and O–H groups in total. The van der Waals surface area contributed by atoms with Crippen molar-refractivity contribution in [2.75, 3.05) is 0 Å². The minimum absolute atomic E-state index is 0.889. The number of hydrogen-bond acceptors (Lipinski definition) is 3. The van der Waals surface area contributed by atoms with Crippen LogP contribution in [-0.4, -0.2) is 24.9 Å². The summed E-state index contributed by atoms with van der Waals surface area (Å²) in [6.45, 7) is 0. The third kappa shape index (κ3) is 1.10. The number of nitrogens with zero attached hydrogens (tertiary/aromatic N) is 3. The molecule has 5 nitrogen and oxygen atoms in total. The Labute approximate surface area is 112 Å². The molecule has 5 aromatic rings.